The minimum atomic E-state index is -1.20. The lowest BCUT2D eigenvalue weighted by Gasteiger charge is -2.29. The first kappa shape index (κ1) is 25.5. The van der Waals surface area contributed by atoms with E-state index in [0.29, 0.717) is 37.1 Å². The number of nitrogens with zero attached hydrogens (tertiary/aromatic N) is 1. The van der Waals surface area contributed by atoms with E-state index in [1.807, 2.05) is 6.26 Å². The largest absolute Gasteiger partial charge is 0.508 e. The maximum atomic E-state index is 13.1. The van der Waals surface area contributed by atoms with Crippen LogP contribution in [0.2, 0.25) is 0 Å². The van der Waals surface area contributed by atoms with Crippen molar-refractivity contribution in [3.05, 3.63) is 29.8 Å². The molecule has 1 aromatic rings. The third-order valence-electron chi connectivity index (χ3n) is 5.26. The maximum absolute atomic E-state index is 13.1. The van der Waals surface area contributed by atoms with Crippen LogP contribution in [0.1, 0.15) is 24.8 Å². The van der Waals surface area contributed by atoms with E-state index in [9.17, 15) is 29.4 Å². The molecule has 3 amide bonds. The van der Waals surface area contributed by atoms with E-state index in [2.05, 4.69) is 10.6 Å². The number of thioether (sulfide) groups is 1. The Bertz CT molecular complexity index is 819. The highest BCUT2D eigenvalue weighted by Crippen LogP contribution is 2.20. The standard InChI is InChI=1S/C21H30N4O6S/c1-32-10-8-15(23-18(27)12-22)20(29)25-9-2-3-17(25)19(28)24-16(21(30)31)11-13-4-6-14(26)7-5-13/h4-7,15-17,26H,2-3,8-12,22H2,1H3,(H,23,27)(H,24,28)(H,30,31). The Kier molecular flexibility index (Phi) is 9.79. The van der Waals surface area contributed by atoms with Crippen LogP contribution in [-0.2, 0) is 25.6 Å². The number of rotatable bonds is 11. The molecule has 0 aliphatic carbocycles. The molecule has 32 heavy (non-hydrogen) atoms. The van der Waals surface area contributed by atoms with Crippen LogP contribution in [0.3, 0.4) is 0 Å². The second kappa shape index (κ2) is 12.3. The number of phenolic OH excluding ortho intramolecular Hbond substituents is 1. The number of nitrogens with one attached hydrogen (secondary N) is 2. The van der Waals surface area contributed by atoms with Crippen LogP contribution >= 0.6 is 11.8 Å². The number of phenols is 1. The van der Waals surface area contributed by atoms with Crippen molar-refractivity contribution in [1.82, 2.24) is 15.5 Å². The molecule has 0 saturated carbocycles. The highest BCUT2D eigenvalue weighted by molar-refractivity contribution is 7.98. The van der Waals surface area contributed by atoms with Gasteiger partial charge in [-0.2, -0.15) is 11.8 Å². The fourth-order valence-corrected chi connectivity index (χ4v) is 4.06. The molecule has 3 atom stereocenters. The maximum Gasteiger partial charge on any atom is 0.326 e. The van der Waals surface area contributed by atoms with Crippen molar-refractivity contribution in [3.8, 4) is 5.75 Å². The lowest BCUT2D eigenvalue weighted by Crippen LogP contribution is -2.56. The second-order valence-corrected chi connectivity index (χ2v) is 8.55. The lowest BCUT2D eigenvalue weighted by molar-refractivity contribution is -0.144. The van der Waals surface area contributed by atoms with E-state index in [4.69, 9.17) is 5.73 Å². The Morgan fingerprint density at radius 3 is 2.47 bits per heavy atom. The summed E-state index contributed by atoms with van der Waals surface area (Å²) >= 11 is 1.53. The van der Waals surface area contributed by atoms with Gasteiger partial charge in [0.05, 0.1) is 6.54 Å². The number of hydrogen-bond donors (Lipinski definition) is 5. The summed E-state index contributed by atoms with van der Waals surface area (Å²) in [5.41, 5.74) is 5.99. The molecule has 10 nitrogen and oxygen atoms in total. The summed E-state index contributed by atoms with van der Waals surface area (Å²) in [6.07, 6.45) is 3.32. The molecule has 0 radical (unpaired) electrons. The van der Waals surface area contributed by atoms with Crippen molar-refractivity contribution < 1.29 is 29.4 Å². The molecule has 1 aromatic carbocycles. The van der Waals surface area contributed by atoms with Gasteiger partial charge in [0.2, 0.25) is 17.7 Å². The van der Waals surface area contributed by atoms with Crippen LogP contribution in [0.4, 0.5) is 0 Å². The number of aliphatic carboxylic acids is 1. The topological polar surface area (TPSA) is 162 Å². The number of carboxylic acid groups (broad SMARTS) is 1. The number of nitrogens with two attached hydrogens (primary N) is 1. The third kappa shape index (κ3) is 7.13. The summed E-state index contributed by atoms with van der Waals surface area (Å²) in [5.74, 6) is -1.87. The predicted octanol–water partition coefficient (Wildman–Crippen LogP) is -0.308. The van der Waals surface area contributed by atoms with Crippen molar-refractivity contribution >= 4 is 35.5 Å². The van der Waals surface area contributed by atoms with E-state index in [-0.39, 0.29) is 24.6 Å². The number of amides is 3. The summed E-state index contributed by atoms with van der Waals surface area (Å²) < 4.78 is 0. The molecule has 2 rings (SSSR count). The molecule has 1 aliphatic rings. The van der Waals surface area contributed by atoms with Crippen LogP contribution in [0.25, 0.3) is 0 Å². The number of likely N-dealkylation sites (tertiary alicyclic amines) is 1. The van der Waals surface area contributed by atoms with Crippen molar-refractivity contribution in [2.75, 3.05) is 25.1 Å². The molecular formula is C21H30N4O6S. The summed E-state index contributed by atoms with van der Waals surface area (Å²) in [4.78, 5) is 50.9. The van der Waals surface area contributed by atoms with Gasteiger partial charge in [-0.1, -0.05) is 12.1 Å². The summed E-state index contributed by atoms with van der Waals surface area (Å²) in [6.45, 7) is 0.103. The average Bonchev–Trinajstić information content (AvgIpc) is 3.26. The second-order valence-electron chi connectivity index (χ2n) is 7.57. The zero-order valence-corrected chi connectivity index (χ0v) is 18.8. The molecule has 0 aromatic heterocycles. The van der Waals surface area contributed by atoms with Gasteiger partial charge in [-0.15, -0.1) is 0 Å². The zero-order chi connectivity index (χ0) is 23.7. The van der Waals surface area contributed by atoms with Gasteiger partial charge in [0.1, 0.15) is 23.9 Å². The van der Waals surface area contributed by atoms with E-state index < -0.39 is 35.9 Å². The molecule has 1 saturated heterocycles. The van der Waals surface area contributed by atoms with E-state index in [0.717, 1.165) is 0 Å². The molecule has 1 fully saturated rings. The van der Waals surface area contributed by atoms with Crippen LogP contribution in [0, 0.1) is 0 Å². The average molecular weight is 467 g/mol. The number of hydrogen-bond acceptors (Lipinski definition) is 7. The highest BCUT2D eigenvalue weighted by atomic mass is 32.2. The van der Waals surface area contributed by atoms with Crippen molar-refractivity contribution in [1.29, 1.82) is 0 Å². The molecule has 0 spiro atoms. The Morgan fingerprint density at radius 1 is 1.19 bits per heavy atom. The number of benzene rings is 1. The van der Waals surface area contributed by atoms with Crippen LogP contribution in [-0.4, -0.2) is 82.0 Å². The quantitative estimate of drug-likeness (QED) is 0.297. The normalized spacial score (nSPS) is 17.4. The fraction of sp³-hybridized carbons (Fsp3) is 0.524. The monoisotopic (exact) mass is 466 g/mol. The fourth-order valence-electron chi connectivity index (χ4n) is 3.59. The summed E-state index contributed by atoms with van der Waals surface area (Å²) in [7, 11) is 0. The van der Waals surface area contributed by atoms with Crippen molar-refractivity contribution in [2.45, 2.75) is 43.8 Å². The number of carboxylic acids is 1. The van der Waals surface area contributed by atoms with Gasteiger partial charge in [-0.25, -0.2) is 4.79 Å². The van der Waals surface area contributed by atoms with Gasteiger partial charge in [0.15, 0.2) is 0 Å². The third-order valence-corrected chi connectivity index (χ3v) is 5.90. The lowest BCUT2D eigenvalue weighted by atomic mass is 10.0. The predicted molar refractivity (Wildman–Crippen MR) is 120 cm³/mol. The molecule has 6 N–H and O–H groups in total. The van der Waals surface area contributed by atoms with Crippen LogP contribution in [0.5, 0.6) is 5.75 Å². The molecule has 3 unspecified atom stereocenters. The van der Waals surface area contributed by atoms with Gasteiger partial charge < -0.3 is 31.5 Å². The van der Waals surface area contributed by atoms with Crippen LogP contribution in [0.15, 0.2) is 24.3 Å². The number of carbonyl (C=O) groups is 4. The van der Waals surface area contributed by atoms with Gasteiger partial charge in [-0.3, -0.25) is 14.4 Å². The number of carbonyl (C=O) groups excluding carboxylic acids is 3. The van der Waals surface area contributed by atoms with Gasteiger partial charge in [-0.05, 0) is 49.0 Å². The smallest absolute Gasteiger partial charge is 0.326 e. The Labute approximate surface area is 190 Å². The van der Waals surface area contributed by atoms with E-state index >= 15 is 0 Å². The zero-order valence-electron chi connectivity index (χ0n) is 18.0. The van der Waals surface area contributed by atoms with Gasteiger partial charge in [0, 0.05) is 13.0 Å². The summed E-state index contributed by atoms with van der Waals surface area (Å²) in [6, 6.07) is 3.26. The van der Waals surface area contributed by atoms with Crippen molar-refractivity contribution in [3.63, 3.8) is 0 Å². The molecular weight excluding hydrogens is 436 g/mol. The van der Waals surface area contributed by atoms with Crippen molar-refractivity contribution in [2.24, 2.45) is 5.73 Å². The molecule has 176 valence electrons. The highest BCUT2D eigenvalue weighted by Gasteiger charge is 2.38. The van der Waals surface area contributed by atoms with Crippen LogP contribution < -0.4 is 16.4 Å². The minimum absolute atomic E-state index is 0.0327. The Balaban J connectivity index is 2.09. The molecule has 0 bridgehead atoms. The van der Waals surface area contributed by atoms with E-state index in [1.165, 1.54) is 28.8 Å². The molecule has 1 aliphatic heterocycles. The SMILES string of the molecule is CSCCC(NC(=O)CN)C(=O)N1CCCC1C(=O)NC(Cc1ccc(O)cc1)C(=O)O. The first-order valence-corrected chi connectivity index (χ1v) is 11.8. The molecule has 1 heterocycles. The Hall–Kier alpha value is -2.79. The van der Waals surface area contributed by atoms with Gasteiger partial charge in [0.25, 0.3) is 0 Å². The molecule has 11 heteroatoms. The minimum Gasteiger partial charge on any atom is -0.508 e. The van der Waals surface area contributed by atoms with E-state index in [1.54, 1.807) is 12.1 Å². The first-order valence-electron chi connectivity index (χ1n) is 10.4. The summed E-state index contributed by atoms with van der Waals surface area (Å²) in [5, 5.41) is 24.1. The number of aromatic hydroxyl groups is 1. The first-order chi connectivity index (χ1) is 15.3. The van der Waals surface area contributed by atoms with Gasteiger partial charge >= 0.3 is 5.97 Å². The Morgan fingerprint density at radius 2 is 1.88 bits per heavy atom.